The van der Waals surface area contributed by atoms with Crippen LogP contribution in [0, 0.1) is 6.92 Å². The van der Waals surface area contributed by atoms with Crippen molar-refractivity contribution in [3.05, 3.63) is 42.1 Å². The van der Waals surface area contributed by atoms with Crippen molar-refractivity contribution in [1.29, 1.82) is 0 Å². The van der Waals surface area contributed by atoms with E-state index >= 15 is 0 Å². The highest BCUT2D eigenvalue weighted by atomic mass is 15.3. The van der Waals surface area contributed by atoms with Gasteiger partial charge in [0, 0.05) is 30.2 Å². The van der Waals surface area contributed by atoms with Crippen LogP contribution >= 0.6 is 0 Å². The van der Waals surface area contributed by atoms with Gasteiger partial charge in [-0.25, -0.2) is 14.2 Å². The van der Waals surface area contributed by atoms with E-state index in [1.54, 1.807) is 10.7 Å². The fourth-order valence-electron chi connectivity index (χ4n) is 2.05. The van der Waals surface area contributed by atoms with Gasteiger partial charge in [0.15, 0.2) is 5.65 Å². The maximum absolute atomic E-state index is 4.51. The Kier molecular flexibility index (Phi) is 2.79. The Morgan fingerprint density at radius 1 is 1.21 bits per heavy atom. The van der Waals surface area contributed by atoms with Gasteiger partial charge in [0.25, 0.3) is 0 Å². The van der Waals surface area contributed by atoms with E-state index in [9.17, 15) is 0 Å². The molecule has 0 saturated heterocycles. The molecule has 6 nitrogen and oxygen atoms in total. The minimum atomic E-state index is 0.819. The summed E-state index contributed by atoms with van der Waals surface area (Å²) < 4.78 is 3.59. The normalized spacial score (nSPS) is 11.6. The first-order valence-corrected chi connectivity index (χ1v) is 6.13. The van der Waals surface area contributed by atoms with E-state index in [0.717, 1.165) is 29.1 Å². The largest absolute Gasteiger partial charge is 0.305 e. The van der Waals surface area contributed by atoms with Crippen LogP contribution < -0.4 is 0 Å². The predicted octanol–water partition coefficient (Wildman–Crippen LogP) is 1.29. The maximum Gasteiger partial charge on any atom is 0.181 e. The zero-order chi connectivity index (χ0) is 13.4. The molecule has 0 saturated carbocycles. The van der Waals surface area contributed by atoms with Crippen molar-refractivity contribution in [2.45, 2.75) is 13.5 Å². The molecule has 0 atom stereocenters. The average Bonchev–Trinajstić information content (AvgIpc) is 2.94. The average molecular weight is 256 g/mol. The molecule has 0 bridgehead atoms. The number of fused-ring (bicyclic) bond motifs is 1. The smallest absolute Gasteiger partial charge is 0.181 e. The molecule has 3 rings (SSSR count). The van der Waals surface area contributed by atoms with E-state index in [1.165, 1.54) is 0 Å². The Bertz CT molecular complexity index is 709. The zero-order valence-corrected chi connectivity index (χ0v) is 11.3. The Morgan fingerprint density at radius 3 is 2.84 bits per heavy atom. The van der Waals surface area contributed by atoms with Crippen LogP contribution in [0.2, 0.25) is 0 Å². The van der Waals surface area contributed by atoms with Crippen molar-refractivity contribution in [3.63, 3.8) is 0 Å². The predicted molar refractivity (Wildman–Crippen MR) is 72.2 cm³/mol. The number of aromatic nitrogens is 5. The summed E-state index contributed by atoms with van der Waals surface area (Å²) in [6, 6.07) is 1.93. The van der Waals surface area contributed by atoms with Crippen LogP contribution in [0.4, 0.5) is 0 Å². The molecular weight excluding hydrogens is 240 g/mol. The van der Waals surface area contributed by atoms with Crippen molar-refractivity contribution in [1.82, 2.24) is 29.3 Å². The Hall–Kier alpha value is -2.21. The lowest BCUT2D eigenvalue weighted by Crippen LogP contribution is -2.09. The van der Waals surface area contributed by atoms with Crippen LogP contribution in [0.5, 0.6) is 0 Å². The fourth-order valence-corrected chi connectivity index (χ4v) is 2.05. The quantitative estimate of drug-likeness (QED) is 0.708. The van der Waals surface area contributed by atoms with Crippen molar-refractivity contribution in [2.75, 3.05) is 14.1 Å². The van der Waals surface area contributed by atoms with Gasteiger partial charge in [0.1, 0.15) is 5.69 Å². The molecule has 0 aliphatic carbocycles. The SMILES string of the molecule is Cc1ccn2ncc(-n3cc(CN(C)C)cn3)c2n1. The van der Waals surface area contributed by atoms with Gasteiger partial charge in [0.05, 0.1) is 12.4 Å². The summed E-state index contributed by atoms with van der Waals surface area (Å²) >= 11 is 0. The van der Waals surface area contributed by atoms with Crippen molar-refractivity contribution < 1.29 is 0 Å². The third-order valence-electron chi connectivity index (χ3n) is 2.87. The molecule has 0 N–H and O–H groups in total. The number of rotatable bonds is 3. The molecule has 0 radical (unpaired) electrons. The van der Waals surface area contributed by atoms with E-state index < -0.39 is 0 Å². The molecule has 0 spiro atoms. The number of hydrogen-bond donors (Lipinski definition) is 0. The van der Waals surface area contributed by atoms with Gasteiger partial charge in [-0.15, -0.1) is 0 Å². The summed E-state index contributed by atoms with van der Waals surface area (Å²) in [5.74, 6) is 0. The van der Waals surface area contributed by atoms with Gasteiger partial charge in [0.2, 0.25) is 0 Å². The third kappa shape index (κ3) is 2.22. The summed E-state index contributed by atoms with van der Waals surface area (Å²) in [7, 11) is 4.08. The first-order valence-electron chi connectivity index (χ1n) is 6.13. The Labute approximate surface area is 111 Å². The van der Waals surface area contributed by atoms with Crippen LogP contribution in [0.25, 0.3) is 11.3 Å². The molecule has 0 unspecified atom stereocenters. The minimum absolute atomic E-state index is 0.819. The summed E-state index contributed by atoms with van der Waals surface area (Å²) in [5.41, 5.74) is 3.85. The molecule has 3 aromatic rings. The van der Waals surface area contributed by atoms with Gasteiger partial charge in [-0.3, -0.25) is 0 Å². The van der Waals surface area contributed by atoms with Gasteiger partial charge in [-0.2, -0.15) is 10.2 Å². The molecule has 3 heterocycles. The molecule has 0 aliphatic heterocycles. The van der Waals surface area contributed by atoms with Crippen molar-refractivity contribution in [3.8, 4) is 5.69 Å². The molecule has 0 aromatic carbocycles. The highest BCUT2D eigenvalue weighted by molar-refractivity contribution is 5.57. The molecule has 6 heteroatoms. The lowest BCUT2D eigenvalue weighted by atomic mass is 10.3. The van der Waals surface area contributed by atoms with Gasteiger partial charge >= 0.3 is 0 Å². The molecular formula is C13H16N6. The van der Waals surface area contributed by atoms with Gasteiger partial charge in [-0.05, 0) is 27.1 Å². The first-order chi connectivity index (χ1) is 9.13. The second-order valence-corrected chi connectivity index (χ2v) is 4.90. The van der Waals surface area contributed by atoms with Gasteiger partial charge < -0.3 is 4.90 Å². The van der Waals surface area contributed by atoms with Crippen LogP contribution in [-0.4, -0.2) is 43.4 Å². The topological polar surface area (TPSA) is 51.2 Å². The summed E-state index contributed by atoms with van der Waals surface area (Å²) in [4.78, 5) is 6.62. The summed E-state index contributed by atoms with van der Waals surface area (Å²) in [6.07, 6.45) is 7.58. The highest BCUT2D eigenvalue weighted by Crippen LogP contribution is 2.14. The van der Waals surface area contributed by atoms with Crippen molar-refractivity contribution in [2.24, 2.45) is 0 Å². The minimum Gasteiger partial charge on any atom is -0.305 e. The summed E-state index contributed by atoms with van der Waals surface area (Å²) in [6.45, 7) is 2.84. The van der Waals surface area contributed by atoms with Crippen LogP contribution in [-0.2, 0) is 6.54 Å². The van der Waals surface area contributed by atoms with Crippen LogP contribution in [0.3, 0.4) is 0 Å². The Balaban J connectivity index is 2.04. The van der Waals surface area contributed by atoms with Crippen LogP contribution in [0.15, 0.2) is 30.9 Å². The fraction of sp³-hybridized carbons (Fsp3) is 0.308. The molecule has 19 heavy (non-hydrogen) atoms. The lowest BCUT2D eigenvalue weighted by molar-refractivity contribution is 0.402. The third-order valence-corrected chi connectivity index (χ3v) is 2.87. The number of nitrogens with zero attached hydrogens (tertiary/aromatic N) is 6. The van der Waals surface area contributed by atoms with E-state index in [4.69, 9.17) is 0 Å². The zero-order valence-electron chi connectivity index (χ0n) is 11.3. The second kappa shape index (κ2) is 4.47. The number of hydrogen-bond acceptors (Lipinski definition) is 4. The first kappa shape index (κ1) is 11.9. The van der Waals surface area contributed by atoms with E-state index in [0.29, 0.717) is 0 Å². The van der Waals surface area contributed by atoms with Crippen LogP contribution in [0.1, 0.15) is 11.3 Å². The molecule has 0 fully saturated rings. The van der Waals surface area contributed by atoms with Crippen molar-refractivity contribution >= 4 is 5.65 Å². The maximum atomic E-state index is 4.51. The Morgan fingerprint density at radius 2 is 2.05 bits per heavy atom. The summed E-state index contributed by atoms with van der Waals surface area (Å²) in [5, 5.41) is 8.68. The monoisotopic (exact) mass is 256 g/mol. The van der Waals surface area contributed by atoms with E-state index in [2.05, 4.69) is 20.1 Å². The molecule has 0 aliphatic rings. The number of aryl methyl sites for hydroxylation is 1. The second-order valence-electron chi connectivity index (χ2n) is 4.90. The van der Waals surface area contributed by atoms with Gasteiger partial charge in [-0.1, -0.05) is 0 Å². The molecule has 0 amide bonds. The van der Waals surface area contributed by atoms with E-state index in [-0.39, 0.29) is 0 Å². The standard InChI is InChI=1S/C13H16N6/c1-10-4-5-18-13(16-10)12(7-15-18)19-9-11(6-14-19)8-17(2)3/h4-7,9H,8H2,1-3H3. The molecule has 98 valence electrons. The highest BCUT2D eigenvalue weighted by Gasteiger charge is 2.09. The lowest BCUT2D eigenvalue weighted by Gasteiger charge is -2.05. The van der Waals surface area contributed by atoms with E-state index in [1.807, 2.05) is 50.4 Å². The molecule has 3 aromatic heterocycles.